The minimum atomic E-state index is -0.443. The Labute approximate surface area is 161 Å². The summed E-state index contributed by atoms with van der Waals surface area (Å²) in [5, 5.41) is 3.28. The summed E-state index contributed by atoms with van der Waals surface area (Å²) in [5.74, 6) is 0.914. The lowest BCUT2D eigenvalue weighted by Gasteiger charge is -2.38. The molecule has 0 unspecified atom stereocenters. The third-order valence-corrected chi connectivity index (χ3v) is 5.41. The topological polar surface area (TPSA) is 87.0 Å². The fourth-order valence-electron chi connectivity index (χ4n) is 4.08. The van der Waals surface area contributed by atoms with Crippen LogP contribution in [0.3, 0.4) is 0 Å². The van der Waals surface area contributed by atoms with Crippen LogP contribution in [-0.4, -0.2) is 22.9 Å². The Bertz CT molecular complexity index is 1080. The number of methoxy groups -OCH3 is 1. The number of carbonyl (C=O) groups is 1. The number of hydrogen-bond acceptors (Lipinski definition) is 5. The van der Waals surface area contributed by atoms with Crippen LogP contribution in [0.5, 0.6) is 5.75 Å². The smallest absolute Gasteiger partial charge is 0.257 e. The van der Waals surface area contributed by atoms with Gasteiger partial charge in [0, 0.05) is 23.6 Å². The number of nitrogens with one attached hydrogen (secondary N) is 3. The molecule has 6 nitrogen and oxygen atoms in total. The van der Waals surface area contributed by atoms with Crippen molar-refractivity contribution in [1.29, 1.82) is 0 Å². The quantitative estimate of drug-likeness (QED) is 0.689. The molecule has 1 aromatic carbocycles. The summed E-state index contributed by atoms with van der Waals surface area (Å²) >= 11 is 5.14. The van der Waals surface area contributed by atoms with Gasteiger partial charge in [0.2, 0.25) is 0 Å². The van der Waals surface area contributed by atoms with Crippen LogP contribution in [-0.2, 0) is 4.79 Å². The second-order valence-electron chi connectivity index (χ2n) is 7.86. The van der Waals surface area contributed by atoms with Crippen LogP contribution in [0.1, 0.15) is 43.7 Å². The number of H-pyrrole nitrogens is 2. The zero-order valence-electron chi connectivity index (χ0n) is 15.4. The summed E-state index contributed by atoms with van der Waals surface area (Å²) in [4.78, 5) is 31.5. The van der Waals surface area contributed by atoms with Gasteiger partial charge in [-0.25, -0.2) is 0 Å². The number of ketones is 1. The zero-order chi connectivity index (χ0) is 19.3. The van der Waals surface area contributed by atoms with Gasteiger partial charge in [0.1, 0.15) is 11.6 Å². The van der Waals surface area contributed by atoms with E-state index in [4.69, 9.17) is 17.0 Å². The number of aromatic amines is 2. The average Bonchev–Trinajstić information content (AvgIpc) is 2.58. The van der Waals surface area contributed by atoms with Crippen molar-refractivity contribution >= 4 is 23.8 Å². The van der Waals surface area contributed by atoms with E-state index in [2.05, 4.69) is 29.1 Å². The van der Waals surface area contributed by atoms with Gasteiger partial charge in [-0.2, -0.15) is 0 Å². The van der Waals surface area contributed by atoms with E-state index in [1.54, 1.807) is 7.11 Å². The first kappa shape index (κ1) is 17.7. The lowest BCUT2D eigenvalue weighted by molar-refractivity contribution is -0.118. The standard InChI is InChI=1S/C20H21N3O3S/c1-20(2)8-12-15(13(24)9-20)14(10-4-6-11(26-3)7-5-10)16-17(21-12)22-19(27)23-18(16)25/h4-7,14H,8-9H2,1-3H3,(H3,21,22,23,25,27)/t14-/m1/s1. The van der Waals surface area contributed by atoms with E-state index in [0.29, 0.717) is 23.4 Å². The van der Waals surface area contributed by atoms with E-state index in [0.717, 1.165) is 23.4 Å². The minimum Gasteiger partial charge on any atom is -0.497 e. The third-order valence-electron chi connectivity index (χ3n) is 5.20. The summed E-state index contributed by atoms with van der Waals surface area (Å²) < 4.78 is 5.50. The molecule has 0 saturated heterocycles. The largest absolute Gasteiger partial charge is 0.497 e. The van der Waals surface area contributed by atoms with Gasteiger partial charge < -0.3 is 15.0 Å². The number of benzene rings is 1. The van der Waals surface area contributed by atoms with Crippen molar-refractivity contribution < 1.29 is 9.53 Å². The second kappa shape index (κ2) is 6.20. The number of Topliss-reactive ketones (excluding diaryl/α,β-unsaturated/α-hetero) is 1. The van der Waals surface area contributed by atoms with Gasteiger partial charge in [-0.15, -0.1) is 0 Å². The molecule has 1 atom stereocenters. The Morgan fingerprint density at radius 3 is 2.48 bits per heavy atom. The molecule has 0 amide bonds. The molecule has 0 fully saturated rings. The van der Waals surface area contributed by atoms with Crippen LogP contribution in [0.25, 0.3) is 0 Å². The highest BCUT2D eigenvalue weighted by Crippen LogP contribution is 2.47. The van der Waals surface area contributed by atoms with E-state index in [-0.39, 0.29) is 21.5 Å². The van der Waals surface area contributed by atoms with E-state index in [1.165, 1.54) is 0 Å². The molecule has 27 heavy (non-hydrogen) atoms. The predicted octanol–water partition coefficient (Wildman–Crippen LogP) is 3.64. The molecule has 3 N–H and O–H groups in total. The Morgan fingerprint density at radius 1 is 1.11 bits per heavy atom. The van der Waals surface area contributed by atoms with Crippen molar-refractivity contribution in [3.63, 3.8) is 0 Å². The van der Waals surface area contributed by atoms with Crippen LogP contribution < -0.4 is 15.6 Å². The maximum atomic E-state index is 13.1. The summed E-state index contributed by atoms with van der Waals surface area (Å²) in [6, 6.07) is 7.48. The monoisotopic (exact) mass is 383 g/mol. The number of carbonyl (C=O) groups excluding carboxylic acids is 1. The number of allylic oxidation sites excluding steroid dienone is 2. The number of anilines is 1. The highest BCUT2D eigenvalue weighted by molar-refractivity contribution is 7.71. The second-order valence-corrected chi connectivity index (χ2v) is 8.27. The first-order valence-electron chi connectivity index (χ1n) is 8.83. The van der Waals surface area contributed by atoms with Crippen molar-refractivity contribution in [3.8, 4) is 5.75 Å². The summed E-state index contributed by atoms with van der Waals surface area (Å²) in [5.41, 5.74) is 2.47. The summed E-state index contributed by atoms with van der Waals surface area (Å²) in [6.07, 6.45) is 1.18. The maximum absolute atomic E-state index is 13.1. The first-order chi connectivity index (χ1) is 12.8. The van der Waals surface area contributed by atoms with Gasteiger partial charge >= 0.3 is 0 Å². The lowest BCUT2D eigenvalue weighted by atomic mass is 9.69. The summed E-state index contributed by atoms with van der Waals surface area (Å²) in [7, 11) is 1.60. The Hall–Kier alpha value is -2.67. The molecule has 7 heteroatoms. The Kier molecular flexibility index (Phi) is 4.07. The number of hydrogen-bond donors (Lipinski definition) is 3. The molecule has 0 bridgehead atoms. The number of ether oxygens (including phenoxy) is 1. The van der Waals surface area contributed by atoms with E-state index >= 15 is 0 Å². The number of rotatable bonds is 2. The molecule has 4 rings (SSSR count). The van der Waals surface area contributed by atoms with Gasteiger partial charge in [-0.05, 0) is 41.7 Å². The van der Waals surface area contributed by atoms with Gasteiger partial charge in [-0.3, -0.25) is 14.6 Å². The molecule has 1 aliphatic heterocycles. The highest BCUT2D eigenvalue weighted by Gasteiger charge is 2.41. The van der Waals surface area contributed by atoms with Crippen molar-refractivity contribution in [1.82, 2.24) is 9.97 Å². The number of aromatic nitrogens is 2. The van der Waals surface area contributed by atoms with Gasteiger partial charge in [0.25, 0.3) is 5.56 Å². The van der Waals surface area contributed by atoms with Crippen molar-refractivity contribution in [2.45, 2.75) is 32.6 Å². The minimum absolute atomic E-state index is 0.0714. The van der Waals surface area contributed by atoms with Crippen LogP contribution >= 0.6 is 12.2 Å². The van der Waals surface area contributed by atoms with Crippen LogP contribution in [0.15, 0.2) is 40.3 Å². The molecule has 1 aromatic heterocycles. The first-order valence-corrected chi connectivity index (χ1v) is 9.23. The molecular formula is C20H21N3O3S. The molecule has 2 aromatic rings. The average molecular weight is 383 g/mol. The van der Waals surface area contributed by atoms with Crippen molar-refractivity contribution in [3.05, 3.63) is 61.8 Å². The predicted molar refractivity (Wildman–Crippen MR) is 106 cm³/mol. The highest BCUT2D eigenvalue weighted by atomic mass is 32.1. The van der Waals surface area contributed by atoms with E-state index < -0.39 is 5.92 Å². The van der Waals surface area contributed by atoms with Crippen LogP contribution in [0.4, 0.5) is 5.82 Å². The van der Waals surface area contributed by atoms with Crippen LogP contribution in [0.2, 0.25) is 0 Å². The molecule has 0 saturated carbocycles. The van der Waals surface area contributed by atoms with Gasteiger partial charge in [0.05, 0.1) is 12.7 Å². The van der Waals surface area contributed by atoms with E-state index in [9.17, 15) is 9.59 Å². The molecule has 2 aliphatic rings. The van der Waals surface area contributed by atoms with E-state index in [1.807, 2.05) is 24.3 Å². The maximum Gasteiger partial charge on any atom is 0.257 e. The summed E-state index contributed by atoms with van der Waals surface area (Å²) in [6.45, 7) is 4.16. The molecule has 140 valence electrons. The molecule has 1 aliphatic carbocycles. The van der Waals surface area contributed by atoms with Crippen LogP contribution in [0, 0.1) is 10.2 Å². The fourth-order valence-corrected chi connectivity index (χ4v) is 4.27. The Morgan fingerprint density at radius 2 is 1.81 bits per heavy atom. The zero-order valence-corrected chi connectivity index (χ0v) is 16.3. The number of fused-ring (bicyclic) bond motifs is 1. The fraction of sp³-hybridized carbons (Fsp3) is 0.350. The normalized spacial score (nSPS) is 20.6. The SMILES string of the molecule is COc1ccc([C@@H]2C3=C(CC(C)(C)CC3=O)Nc3[nH]c(=S)[nH]c(=O)c32)cc1. The van der Waals surface area contributed by atoms with Gasteiger partial charge in [0.15, 0.2) is 10.6 Å². The van der Waals surface area contributed by atoms with Crippen molar-refractivity contribution in [2.24, 2.45) is 5.41 Å². The Balaban J connectivity index is 1.97. The molecule has 0 spiro atoms. The molecular weight excluding hydrogens is 362 g/mol. The molecule has 2 heterocycles. The molecule has 0 radical (unpaired) electrons. The van der Waals surface area contributed by atoms with Gasteiger partial charge in [-0.1, -0.05) is 26.0 Å². The third kappa shape index (κ3) is 3.02. The lowest BCUT2D eigenvalue weighted by Crippen LogP contribution is -2.36. The van der Waals surface area contributed by atoms with Crippen molar-refractivity contribution in [2.75, 3.05) is 12.4 Å².